The molecule has 0 fully saturated rings. The number of hydrogen-bond donors (Lipinski definition) is 0. The Morgan fingerprint density at radius 2 is 1.30 bits per heavy atom. The van der Waals surface area contributed by atoms with Gasteiger partial charge in [0.15, 0.2) is 0 Å². The zero-order chi connectivity index (χ0) is 14.5. The number of pyridine rings is 1. The Kier molecular flexibility index (Phi) is 11.5. The molecule has 0 aliphatic heterocycles. The van der Waals surface area contributed by atoms with Gasteiger partial charge < -0.3 is 9.47 Å². The number of hydrogen-bond acceptors (Lipinski definition) is 3. The summed E-state index contributed by atoms with van der Waals surface area (Å²) in [6, 6.07) is 6.01. The minimum Gasteiger partial charge on any atom is -0.375 e. The summed E-state index contributed by atoms with van der Waals surface area (Å²) < 4.78 is 11.2. The molecule has 114 valence electrons. The zero-order valence-corrected chi connectivity index (χ0v) is 15.0. The molecule has 0 aliphatic carbocycles. The molecule has 0 aromatic carbocycles. The molecule has 1 aromatic heterocycles. The van der Waals surface area contributed by atoms with Crippen LogP contribution in [0, 0.1) is 0 Å². The number of aromatic nitrogens is 1. The molecule has 20 heavy (non-hydrogen) atoms. The standard InChI is InChI=1S/C15H23Br2NO2/c16-8-1-3-10-19-12-14-6-5-7-15(18-14)13-20-11-4-2-9-17/h5-7H,1-4,8-13H2. The van der Waals surface area contributed by atoms with Crippen molar-refractivity contribution in [1.82, 2.24) is 4.98 Å². The van der Waals surface area contributed by atoms with Crippen LogP contribution in [-0.4, -0.2) is 28.9 Å². The van der Waals surface area contributed by atoms with E-state index in [9.17, 15) is 0 Å². The molecule has 1 aromatic rings. The highest BCUT2D eigenvalue weighted by Crippen LogP contribution is 2.05. The van der Waals surface area contributed by atoms with E-state index < -0.39 is 0 Å². The van der Waals surface area contributed by atoms with Crippen molar-refractivity contribution in [3.05, 3.63) is 29.6 Å². The third-order valence-electron chi connectivity index (χ3n) is 2.71. The van der Waals surface area contributed by atoms with E-state index in [0.717, 1.165) is 60.9 Å². The first-order chi connectivity index (χ1) is 9.86. The first-order valence-electron chi connectivity index (χ1n) is 7.09. The maximum atomic E-state index is 5.60. The van der Waals surface area contributed by atoms with Gasteiger partial charge in [-0.1, -0.05) is 37.9 Å². The fourth-order valence-corrected chi connectivity index (χ4v) is 2.43. The lowest BCUT2D eigenvalue weighted by atomic mass is 10.3. The zero-order valence-electron chi connectivity index (χ0n) is 11.8. The van der Waals surface area contributed by atoms with Gasteiger partial charge in [0.2, 0.25) is 0 Å². The Bertz CT molecular complexity index is 321. The summed E-state index contributed by atoms with van der Waals surface area (Å²) in [5, 5.41) is 2.08. The lowest BCUT2D eigenvalue weighted by Gasteiger charge is -2.06. The lowest BCUT2D eigenvalue weighted by Crippen LogP contribution is -2.02. The van der Waals surface area contributed by atoms with Crippen molar-refractivity contribution < 1.29 is 9.47 Å². The second-order valence-electron chi connectivity index (χ2n) is 4.52. The van der Waals surface area contributed by atoms with Crippen LogP contribution in [-0.2, 0) is 22.7 Å². The molecule has 0 amide bonds. The number of rotatable bonds is 12. The van der Waals surface area contributed by atoms with Gasteiger partial charge >= 0.3 is 0 Å². The van der Waals surface area contributed by atoms with Crippen LogP contribution in [0.5, 0.6) is 0 Å². The first-order valence-corrected chi connectivity index (χ1v) is 9.33. The van der Waals surface area contributed by atoms with Crippen molar-refractivity contribution in [1.29, 1.82) is 0 Å². The normalized spacial score (nSPS) is 10.9. The molecule has 0 atom stereocenters. The maximum Gasteiger partial charge on any atom is 0.0887 e. The van der Waals surface area contributed by atoms with Crippen molar-refractivity contribution in [2.45, 2.75) is 38.9 Å². The fourth-order valence-electron chi connectivity index (χ4n) is 1.64. The molecule has 0 saturated carbocycles. The van der Waals surface area contributed by atoms with Crippen LogP contribution in [0.15, 0.2) is 18.2 Å². The molecule has 0 N–H and O–H groups in total. The van der Waals surface area contributed by atoms with Crippen molar-refractivity contribution in [2.75, 3.05) is 23.9 Å². The quantitative estimate of drug-likeness (QED) is 0.377. The highest BCUT2D eigenvalue weighted by molar-refractivity contribution is 9.09. The van der Waals surface area contributed by atoms with E-state index in [4.69, 9.17) is 9.47 Å². The van der Waals surface area contributed by atoms with E-state index in [1.54, 1.807) is 0 Å². The second-order valence-corrected chi connectivity index (χ2v) is 6.10. The number of alkyl halides is 2. The maximum absolute atomic E-state index is 5.60. The molecule has 1 rings (SSSR count). The highest BCUT2D eigenvalue weighted by Gasteiger charge is 1.99. The molecule has 3 nitrogen and oxygen atoms in total. The number of unbranched alkanes of at least 4 members (excludes halogenated alkanes) is 2. The van der Waals surface area contributed by atoms with Crippen LogP contribution in [0.1, 0.15) is 37.1 Å². The van der Waals surface area contributed by atoms with Crippen molar-refractivity contribution in [3.8, 4) is 0 Å². The average Bonchev–Trinajstić information content (AvgIpc) is 2.47. The fraction of sp³-hybridized carbons (Fsp3) is 0.667. The van der Waals surface area contributed by atoms with E-state index in [1.807, 2.05) is 18.2 Å². The molecule has 0 bridgehead atoms. The van der Waals surface area contributed by atoms with Gasteiger partial charge in [-0.3, -0.25) is 4.98 Å². The van der Waals surface area contributed by atoms with Crippen LogP contribution in [0.3, 0.4) is 0 Å². The van der Waals surface area contributed by atoms with Gasteiger partial charge in [-0.15, -0.1) is 0 Å². The average molecular weight is 409 g/mol. The topological polar surface area (TPSA) is 31.4 Å². The first kappa shape index (κ1) is 18.1. The number of halogens is 2. The summed E-state index contributed by atoms with van der Waals surface area (Å²) in [5.41, 5.74) is 1.95. The van der Waals surface area contributed by atoms with Crippen molar-refractivity contribution in [2.24, 2.45) is 0 Å². The molecule has 1 heterocycles. The monoisotopic (exact) mass is 407 g/mol. The van der Waals surface area contributed by atoms with E-state index in [0.29, 0.717) is 13.2 Å². The van der Waals surface area contributed by atoms with Crippen molar-refractivity contribution >= 4 is 31.9 Å². The summed E-state index contributed by atoms with van der Waals surface area (Å²) >= 11 is 6.82. The van der Waals surface area contributed by atoms with Crippen LogP contribution in [0.4, 0.5) is 0 Å². The molecule has 0 unspecified atom stereocenters. The second kappa shape index (κ2) is 12.7. The van der Waals surface area contributed by atoms with Gasteiger partial charge in [-0.25, -0.2) is 0 Å². The summed E-state index contributed by atoms with van der Waals surface area (Å²) in [4.78, 5) is 4.54. The smallest absolute Gasteiger partial charge is 0.0887 e. The Hall–Kier alpha value is 0.0300. The van der Waals surface area contributed by atoms with Gasteiger partial charge in [0.1, 0.15) is 0 Å². The largest absolute Gasteiger partial charge is 0.375 e. The van der Waals surface area contributed by atoms with Crippen LogP contribution < -0.4 is 0 Å². The predicted octanol–water partition coefficient (Wildman–Crippen LogP) is 4.47. The minimum atomic E-state index is 0.583. The molecular weight excluding hydrogens is 386 g/mol. The molecule has 0 aliphatic rings. The third kappa shape index (κ3) is 9.06. The molecular formula is C15H23Br2NO2. The van der Waals surface area contributed by atoms with Gasteiger partial charge in [0.25, 0.3) is 0 Å². The molecule has 5 heteroatoms. The SMILES string of the molecule is BrCCCCOCc1cccc(COCCCCBr)n1. The minimum absolute atomic E-state index is 0.583. The van der Waals surface area contributed by atoms with Crippen LogP contribution in [0.25, 0.3) is 0 Å². The Labute approximate surface area is 138 Å². The van der Waals surface area contributed by atoms with Crippen LogP contribution >= 0.6 is 31.9 Å². The molecule has 0 spiro atoms. The molecule has 0 radical (unpaired) electrons. The van der Waals surface area contributed by atoms with Gasteiger partial charge in [0, 0.05) is 23.9 Å². The molecule has 0 saturated heterocycles. The van der Waals surface area contributed by atoms with E-state index in [1.165, 1.54) is 0 Å². The van der Waals surface area contributed by atoms with Gasteiger partial charge in [-0.2, -0.15) is 0 Å². The Balaban J connectivity index is 2.19. The Morgan fingerprint density at radius 1 is 0.800 bits per heavy atom. The lowest BCUT2D eigenvalue weighted by molar-refractivity contribution is 0.109. The van der Waals surface area contributed by atoms with Gasteiger partial charge in [-0.05, 0) is 37.8 Å². The summed E-state index contributed by atoms with van der Waals surface area (Å²) in [5.74, 6) is 0. The number of nitrogens with zero attached hydrogens (tertiary/aromatic N) is 1. The van der Waals surface area contributed by atoms with Crippen molar-refractivity contribution in [3.63, 3.8) is 0 Å². The highest BCUT2D eigenvalue weighted by atomic mass is 79.9. The summed E-state index contributed by atoms with van der Waals surface area (Å²) in [6.45, 7) is 2.75. The summed E-state index contributed by atoms with van der Waals surface area (Å²) in [6.07, 6.45) is 4.47. The van der Waals surface area contributed by atoms with Crippen LogP contribution in [0.2, 0.25) is 0 Å². The summed E-state index contributed by atoms with van der Waals surface area (Å²) in [7, 11) is 0. The van der Waals surface area contributed by atoms with E-state index in [2.05, 4.69) is 36.8 Å². The predicted molar refractivity (Wildman–Crippen MR) is 89.6 cm³/mol. The van der Waals surface area contributed by atoms with Gasteiger partial charge in [0.05, 0.1) is 24.6 Å². The third-order valence-corrected chi connectivity index (χ3v) is 3.83. The van der Waals surface area contributed by atoms with E-state index in [-0.39, 0.29) is 0 Å². The van der Waals surface area contributed by atoms with E-state index >= 15 is 0 Å². The Morgan fingerprint density at radius 3 is 1.75 bits per heavy atom. The number of ether oxygens (including phenoxy) is 2.